The van der Waals surface area contributed by atoms with Crippen LogP contribution in [0.2, 0.25) is 5.02 Å². The molecule has 0 fully saturated rings. The number of carbonyl (C=O) groups excluding carboxylic acids is 3. The standard InChI is InChI=1S/C26H22ClN5O5S/c1-36-20-8-4-2-6-17(20)24(34)23-18-7-3-5-9-21(18)38-25(23)29-22(33)13-37-26(35)16-11-10-15(12-19(16)27)32-14-28-30-31-32/h2,4,6,8,10-12,14H,3,5,7,9,13H2,1H3,(H,29,33). The van der Waals surface area contributed by atoms with Crippen molar-refractivity contribution in [3.8, 4) is 11.4 Å². The van der Waals surface area contributed by atoms with E-state index in [0.29, 0.717) is 27.6 Å². The van der Waals surface area contributed by atoms with E-state index >= 15 is 0 Å². The number of rotatable bonds is 8. The van der Waals surface area contributed by atoms with Crippen LogP contribution in [0.3, 0.4) is 0 Å². The second kappa shape index (κ2) is 11.1. The summed E-state index contributed by atoms with van der Waals surface area (Å²) in [5, 5.41) is 14.2. The molecule has 2 aromatic heterocycles. The normalized spacial score (nSPS) is 12.5. The smallest absolute Gasteiger partial charge is 0.340 e. The first-order valence-corrected chi connectivity index (χ1v) is 13.0. The van der Waals surface area contributed by atoms with E-state index in [4.69, 9.17) is 21.1 Å². The molecule has 1 aliphatic rings. The van der Waals surface area contributed by atoms with Gasteiger partial charge in [0.25, 0.3) is 5.91 Å². The maximum absolute atomic E-state index is 13.6. The number of nitrogens with zero attached hydrogens (tertiary/aromatic N) is 4. The summed E-state index contributed by atoms with van der Waals surface area (Å²) in [6.45, 7) is -0.547. The molecule has 0 unspecified atom stereocenters. The van der Waals surface area contributed by atoms with Crippen molar-refractivity contribution in [2.75, 3.05) is 19.0 Å². The summed E-state index contributed by atoms with van der Waals surface area (Å²) in [5.74, 6) is -1.08. The van der Waals surface area contributed by atoms with Gasteiger partial charge in [-0.25, -0.2) is 9.48 Å². The molecule has 0 spiro atoms. The van der Waals surface area contributed by atoms with Gasteiger partial charge in [0.15, 0.2) is 12.4 Å². The lowest BCUT2D eigenvalue weighted by Gasteiger charge is -2.14. The highest BCUT2D eigenvalue weighted by atomic mass is 35.5. The number of anilines is 1. The van der Waals surface area contributed by atoms with Gasteiger partial charge in [0.05, 0.1) is 34.5 Å². The van der Waals surface area contributed by atoms with Crippen LogP contribution >= 0.6 is 22.9 Å². The van der Waals surface area contributed by atoms with Gasteiger partial charge in [-0.3, -0.25) is 9.59 Å². The SMILES string of the molecule is COc1ccccc1C(=O)c1c(NC(=O)COC(=O)c2ccc(-n3cnnn3)cc2Cl)sc2c1CCCC2. The third-order valence-electron chi connectivity index (χ3n) is 6.12. The van der Waals surface area contributed by atoms with Crippen LogP contribution in [0, 0.1) is 0 Å². The third-order valence-corrected chi connectivity index (χ3v) is 7.64. The Kier molecular flexibility index (Phi) is 7.47. The van der Waals surface area contributed by atoms with Gasteiger partial charge in [0.2, 0.25) is 0 Å². The van der Waals surface area contributed by atoms with Gasteiger partial charge in [-0.1, -0.05) is 23.7 Å². The van der Waals surface area contributed by atoms with Crippen LogP contribution in [0.5, 0.6) is 5.75 Å². The second-order valence-electron chi connectivity index (χ2n) is 8.49. The predicted octanol–water partition coefficient (Wildman–Crippen LogP) is 4.29. The lowest BCUT2D eigenvalue weighted by molar-refractivity contribution is -0.119. The molecule has 38 heavy (non-hydrogen) atoms. The van der Waals surface area contributed by atoms with E-state index < -0.39 is 18.5 Å². The van der Waals surface area contributed by atoms with E-state index in [0.717, 1.165) is 36.1 Å². The van der Waals surface area contributed by atoms with Crippen LogP contribution < -0.4 is 10.1 Å². The van der Waals surface area contributed by atoms with Crippen molar-refractivity contribution >= 4 is 45.6 Å². The lowest BCUT2D eigenvalue weighted by atomic mass is 9.91. The number of nitrogens with one attached hydrogen (secondary N) is 1. The van der Waals surface area contributed by atoms with Crippen molar-refractivity contribution in [3.05, 3.63) is 80.9 Å². The molecule has 0 radical (unpaired) electrons. The largest absolute Gasteiger partial charge is 0.496 e. The average molecular weight is 552 g/mol. The molecule has 4 aromatic rings. The molecule has 0 aliphatic heterocycles. The summed E-state index contributed by atoms with van der Waals surface area (Å²) < 4.78 is 12.0. The van der Waals surface area contributed by atoms with Gasteiger partial charge >= 0.3 is 5.97 Å². The molecule has 0 bridgehead atoms. The van der Waals surface area contributed by atoms with Crippen molar-refractivity contribution in [2.45, 2.75) is 25.7 Å². The fourth-order valence-electron chi connectivity index (χ4n) is 4.32. The number of methoxy groups -OCH3 is 1. The maximum atomic E-state index is 13.6. The number of ketones is 1. The number of hydrogen-bond acceptors (Lipinski definition) is 9. The first-order valence-electron chi connectivity index (χ1n) is 11.8. The Balaban J connectivity index is 1.31. The average Bonchev–Trinajstić information content (AvgIpc) is 3.59. The van der Waals surface area contributed by atoms with E-state index in [-0.39, 0.29) is 16.4 Å². The van der Waals surface area contributed by atoms with Crippen molar-refractivity contribution in [3.63, 3.8) is 0 Å². The Morgan fingerprint density at radius 2 is 1.92 bits per heavy atom. The van der Waals surface area contributed by atoms with Crippen LogP contribution in [0.25, 0.3) is 5.69 Å². The zero-order valence-corrected chi connectivity index (χ0v) is 21.8. The molecule has 0 saturated heterocycles. The fourth-order valence-corrected chi connectivity index (χ4v) is 5.88. The van der Waals surface area contributed by atoms with Gasteiger partial charge in [0, 0.05) is 4.88 Å². The number of amides is 1. The van der Waals surface area contributed by atoms with Crippen molar-refractivity contribution in [1.29, 1.82) is 0 Å². The zero-order valence-electron chi connectivity index (χ0n) is 20.3. The molecule has 2 heterocycles. The van der Waals surface area contributed by atoms with E-state index in [1.54, 1.807) is 30.3 Å². The number of hydrogen-bond donors (Lipinski definition) is 1. The molecule has 1 N–H and O–H groups in total. The quantitative estimate of drug-likeness (QED) is 0.254. The number of aromatic nitrogens is 4. The molecule has 1 aliphatic carbocycles. The minimum atomic E-state index is -0.760. The van der Waals surface area contributed by atoms with E-state index in [9.17, 15) is 14.4 Å². The molecule has 10 nitrogen and oxygen atoms in total. The number of benzene rings is 2. The van der Waals surface area contributed by atoms with Gasteiger partial charge in [0.1, 0.15) is 17.1 Å². The van der Waals surface area contributed by atoms with Crippen molar-refractivity contribution in [2.24, 2.45) is 0 Å². The molecule has 2 aromatic carbocycles. The summed E-state index contributed by atoms with van der Waals surface area (Å²) in [5.41, 5.74) is 2.50. The van der Waals surface area contributed by atoms with Gasteiger partial charge in [-0.15, -0.1) is 16.4 Å². The van der Waals surface area contributed by atoms with Crippen LogP contribution in [0.4, 0.5) is 5.00 Å². The number of fused-ring (bicyclic) bond motifs is 1. The molecular formula is C26H22ClN5O5S. The number of para-hydroxylation sites is 1. The Hall–Kier alpha value is -4.09. The third kappa shape index (κ3) is 5.15. The molecule has 5 rings (SSSR count). The number of aryl methyl sites for hydroxylation is 1. The Bertz CT molecular complexity index is 1520. The summed E-state index contributed by atoms with van der Waals surface area (Å²) in [7, 11) is 1.51. The summed E-state index contributed by atoms with van der Waals surface area (Å²) in [6, 6.07) is 11.6. The minimum absolute atomic E-state index is 0.0925. The number of ether oxygens (including phenoxy) is 2. The van der Waals surface area contributed by atoms with Crippen LogP contribution in [-0.4, -0.2) is 51.6 Å². The van der Waals surface area contributed by atoms with Crippen LogP contribution in [0.15, 0.2) is 48.8 Å². The van der Waals surface area contributed by atoms with E-state index in [2.05, 4.69) is 20.8 Å². The van der Waals surface area contributed by atoms with Crippen LogP contribution in [-0.2, 0) is 22.4 Å². The summed E-state index contributed by atoms with van der Waals surface area (Å²) >= 11 is 7.64. The predicted molar refractivity (Wildman–Crippen MR) is 140 cm³/mol. The lowest BCUT2D eigenvalue weighted by Crippen LogP contribution is -2.22. The van der Waals surface area contributed by atoms with Crippen molar-refractivity contribution < 1.29 is 23.9 Å². The number of halogens is 1. The summed E-state index contributed by atoms with van der Waals surface area (Å²) in [6.07, 6.45) is 4.98. The Labute approximate surface area is 226 Å². The van der Waals surface area contributed by atoms with E-state index in [1.807, 2.05) is 0 Å². The van der Waals surface area contributed by atoms with E-state index in [1.165, 1.54) is 41.6 Å². The highest BCUT2D eigenvalue weighted by molar-refractivity contribution is 7.17. The number of carbonyl (C=O) groups is 3. The molecule has 194 valence electrons. The molecular weight excluding hydrogens is 530 g/mol. The number of tetrazole rings is 1. The molecule has 12 heteroatoms. The Morgan fingerprint density at radius 3 is 2.68 bits per heavy atom. The van der Waals surface area contributed by atoms with Crippen LogP contribution in [0.1, 0.15) is 49.6 Å². The van der Waals surface area contributed by atoms with Gasteiger partial charge in [-0.2, -0.15) is 0 Å². The topological polar surface area (TPSA) is 125 Å². The van der Waals surface area contributed by atoms with Crippen molar-refractivity contribution in [1.82, 2.24) is 20.2 Å². The molecule has 0 atom stereocenters. The monoisotopic (exact) mass is 551 g/mol. The summed E-state index contributed by atoms with van der Waals surface area (Å²) in [4.78, 5) is 40.1. The molecule has 1 amide bonds. The molecule has 0 saturated carbocycles. The first-order chi connectivity index (χ1) is 18.5. The highest BCUT2D eigenvalue weighted by Gasteiger charge is 2.28. The van der Waals surface area contributed by atoms with Gasteiger partial charge in [-0.05, 0) is 72.0 Å². The highest BCUT2D eigenvalue weighted by Crippen LogP contribution is 2.40. The first kappa shape index (κ1) is 25.6. The Morgan fingerprint density at radius 1 is 1.11 bits per heavy atom. The maximum Gasteiger partial charge on any atom is 0.340 e. The second-order valence-corrected chi connectivity index (χ2v) is 10.00. The number of thiophene rings is 1. The minimum Gasteiger partial charge on any atom is -0.496 e. The van der Waals surface area contributed by atoms with Gasteiger partial charge < -0.3 is 14.8 Å². The fraction of sp³-hybridized carbons (Fsp3) is 0.231. The number of esters is 1. The zero-order chi connectivity index (χ0) is 26.6.